The van der Waals surface area contributed by atoms with Gasteiger partial charge in [0.25, 0.3) is 6.43 Å². The molecule has 0 unspecified atom stereocenters. The van der Waals surface area contributed by atoms with Crippen molar-refractivity contribution in [3.05, 3.63) is 27.5 Å². The second-order valence-corrected chi connectivity index (χ2v) is 3.27. The predicted octanol–water partition coefficient (Wildman–Crippen LogP) is 4.06. The van der Waals surface area contributed by atoms with Crippen LogP contribution in [0.2, 0.25) is 10.0 Å². The Hall–Kier alpha value is -0.120. The van der Waals surface area contributed by atoms with Crippen LogP contribution in [-0.2, 0) is 5.88 Å². The third-order valence-corrected chi connectivity index (χ3v) is 2.52. The summed E-state index contributed by atoms with van der Waals surface area (Å²) in [5, 5.41) is 0.170. The number of aromatic nitrogens is 1. The van der Waals surface area contributed by atoms with E-state index in [-0.39, 0.29) is 21.5 Å². The molecule has 1 aromatic heterocycles. The molecule has 1 rings (SSSR count). The Morgan fingerprint density at radius 3 is 2.46 bits per heavy atom. The average Bonchev–Trinajstić information content (AvgIpc) is 2.09. The second-order valence-electron chi connectivity index (χ2n) is 2.22. The fourth-order valence-corrected chi connectivity index (χ4v) is 1.55. The standard InChI is InChI=1S/C7H4Cl3F2N/c8-1-3-5(10)4(9)2-13-6(3)7(11)12/h2,7H,1H2. The molecule has 0 fully saturated rings. The van der Waals surface area contributed by atoms with E-state index in [9.17, 15) is 8.78 Å². The summed E-state index contributed by atoms with van der Waals surface area (Å²) >= 11 is 16.7. The van der Waals surface area contributed by atoms with Crippen LogP contribution in [0.25, 0.3) is 0 Å². The van der Waals surface area contributed by atoms with Gasteiger partial charge in [0.1, 0.15) is 5.69 Å². The Morgan fingerprint density at radius 2 is 2.00 bits per heavy atom. The maximum atomic E-state index is 12.3. The molecule has 0 aliphatic carbocycles. The van der Waals surface area contributed by atoms with Gasteiger partial charge in [0.15, 0.2) is 0 Å². The smallest absolute Gasteiger partial charge is 0.253 e. The molecule has 0 amide bonds. The molecule has 0 spiro atoms. The van der Waals surface area contributed by atoms with E-state index in [4.69, 9.17) is 34.8 Å². The van der Waals surface area contributed by atoms with Crippen molar-refractivity contribution in [3.63, 3.8) is 0 Å². The molecule has 6 heteroatoms. The average molecular weight is 246 g/mol. The fourth-order valence-electron chi connectivity index (χ4n) is 0.833. The van der Waals surface area contributed by atoms with E-state index in [0.29, 0.717) is 0 Å². The van der Waals surface area contributed by atoms with Crippen LogP contribution in [0.15, 0.2) is 6.20 Å². The number of hydrogen-bond donors (Lipinski definition) is 0. The summed E-state index contributed by atoms with van der Waals surface area (Å²) in [7, 11) is 0. The third-order valence-electron chi connectivity index (χ3n) is 1.44. The number of alkyl halides is 3. The van der Waals surface area contributed by atoms with Crippen molar-refractivity contribution in [2.75, 3.05) is 0 Å². The molecule has 0 atom stereocenters. The highest BCUT2D eigenvalue weighted by Crippen LogP contribution is 2.32. The molecule has 0 aliphatic heterocycles. The molecule has 0 aromatic carbocycles. The SMILES string of the molecule is FC(F)c1ncc(Cl)c(Cl)c1CCl. The fraction of sp³-hybridized carbons (Fsp3) is 0.286. The van der Waals surface area contributed by atoms with Crippen molar-refractivity contribution in [1.29, 1.82) is 0 Å². The molecule has 0 radical (unpaired) electrons. The molecule has 0 saturated heterocycles. The summed E-state index contributed by atoms with van der Waals surface area (Å²) in [4.78, 5) is 3.46. The lowest BCUT2D eigenvalue weighted by molar-refractivity contribution is 0.145. The van der Waals surface area contributed by atoms with Gasteiger partial charge in [-0.3, -0.25) is 4.98 Å². The Bertz CT molecular complexity index is 317. The van der Waals surface area contributed by atoms with E-state index >= 15 is 0 Å². The molecule has 72 valence electrons. The molecular weight excluding hydrogens is 242 g/mol. The van der Waals surface area contributed by atoms with Gasteiger partial charge in [0.05, 0.1) is 15.9 Å². The molecular formula is C7H4Cl3F2N. The highest BCUT2D eigenvalue weighted by Gasteiger charge is 2.18. The van der Waals surface area contributed by atoms with Crippen LogP contribution in [0, 0.1) is 0 Å². The van der Waals surface area contributed by atoms with Crippen LogP contribution in [-0.4, -0.2) is 4.98 Å². The number of halogens is 5. The summed E-state index contributed by atoms with van der Waals surface area (Å²) < 4.78 is 24.6. The quantitative estimate of drug-likeness (QED) is 0.717. The van der Waals surface area contributed by atoms with E-state index in [1.165, 1.54) is 0 Å². The summed E-state index contributed by atoms with van der Waals surface area (Å²) in [5.41, 5.74) is -0.324. The van der Waals surface area contributed by atoms with Gasteiger partial charge in [-0.15, -0.1) is 11.6 Å². The monoisotopic (exact) mass is 245 g/mol. The van der Waals surface area contributed by atoms with E-state index in [2.05, 4.69) is 4.98 Å². The van der Waals surface area contributed by atoms with Gasteiger partial charge in [0, 0.05) is 11.8 Å². The molecule has 1 heterocycles. The normalized spacial score (nSPS) is 10.9. The van der Waals surface area contributed by atoms with Gasteiger partial charge in [0.2, 0.25) is 0 Å². The highest BCUT2D eigenvalue weighted by atomic mass is 35.5. The number of pyridine rings is 1. The van der Waals surface area contributed by atoms with Crippen LogP contribution in [0.1, 0.15) is 17.7 Å². The van der Waals surface area contributed by atoms with Crippen molar-refractivity contribution in [1.82, 2.24) is 4.98 Å². The van der Waals surface area contributed by atoms with Crippen LogP contribution in [0.3, 0.4) is 0 Å². The summed E-state index contributed by atoms with van der Waals surface area (Å²) in [6.07, 6.45) is -1.61. The summed E-state index contributed by atoms with van der Waals surface area (Å²) in [6.45, 7) is 0. The predicted molar refractivity (Wildman–Crippen MR) is 48.8 cm³/mol. The largest absolute Gasteiger partial charge is 0.280 e. The molecule has 0 aliphatic rings. The zero-order chi connectivity index (χ0) is 10.0. The first-order valence-corrected chi connectivity index (χ1v) is 4.53. The van der Waals surface area contributed by atoms with Crippen molar-refractivity contribution in [2.24, 2.45) is 0 Å². The third kappa shape index (κ3) is 2.22. The Labute approximate surface area is 88.6 Å². The number of hydrogen-bond acceptors (Lipinski definition) is 1. The Balaban J connectivity index is 3.30. The minimum absolute atomic E-state index is 0.0435. The Kier molecular flexibility index (Phi) is 3.71. The molecule has 0 bridgehead atoms. The zero-order valence-electron chi connectivity index (χ0n) is 6.20. The topological polar surface area (TPSA) is 12.9 Å². The first-order chi connectivity index (χ1) is 6.07. The van der Waals surface area contributed by atoms with Crippen molar-refractivity contribution >= 4 is 34.8 Å². The molecule has 1 nitrogen and oxygen atoms in total. The highest BCUT2D eigenvalue weighted by molar-refractivity contribution is 6.42. The number of nitrogens with zero attached hydrogens (tertiary/aromatic N) is 1. The van der Waals surface area contributed by atoms with E-state index in [1.54, 1.807) is 0 Å². The minimum Gasteiger partial charge on any atom is -0.253 e. The lowest BCUT2D eigenvalue weighted by atomic mass is 10.2. The molecule has 1 aromatic rings. The first kappa shape index (κ1) is 11.0. The summed E-state index contributed by atoms with van der Waals surface area (Å²) in [6, 6.07) is 0. The van der Waals surface area contributed by atoms with Crippen molar-refractivity contribution < 1.29 is 8.78 Å². The maximum Gasteiger partial charge on any atom is 0.280 e. The molecule has 13 heavy (non-hydrogen) atoms. The second kappa shape index (κ2) is 4.40. The van der Waals surface area contributed by atoms with Gasteiger partial charge in [-0.1, -0.05) is 23.2 Å². The minimum atomic E-state index is -2.69. The van der Waals surface area contributed by atoms with Crippen LogP contribution in [0.5, 0.6) is 0 Å². The van der Waals surface area contributed by atoms with Gasteiger partial charge in [-0.2, -0.15) is 0 Å². The van der Waals surface area contributed by atoms with Gasteiger partial charge in [-0.25, -0.2) is 8.78 Å². The molecule has 0 saturated carbocycles. The number of rotatable bonds is 2. The first-order valence-electron chi connectivity index (χ1n) is 3.24. The van der Waals surface area contributed by atoms with Crippen molar-refractivity contribution in [3.8, 4) is 0 Å². The van der Waals surface area contributed by atoms with E-state index in [0.717, 1.165) is 6.20 Å². The maximum absolute atomic E-state index is 12.3. The zero-order valence-corrected chi connectivity index (χ0v) is 8.47. The molecule has 0 N–H and O–H groups in total. The van der Waals surface area contributed by atoms with Crippen molar-refractivity contribution in [2.45, 2.75) is 12.3 Å². The van der Waals surface area contributed by atoms with E-state index < -0.39 is 12.1 Å². The van der Waals surface area contributed by atoms with Gasteiger partial charge < -0.3 is 0 Å². The van der Waals surface area contributed by atoms with Crippen LogP contribution >= 0.6 is 34.8 Å². The van der Waals surface area contributed by atoms with Crippen LogP contribution < -0.4 is 0 Å². The van der Waals surface area contributed by atoms with E-state index in [1.807, 2.05) is 0 Å². The lowest BCUT2D eigenvalue weighted by Crippen LogP contribution is -1.97. The van der Waals surface area contributed by atoms with Gasteiger partial charge >= 0.3 is 0 Å². The van der Waals surface area contributed by atoms with Crippen LogP contribution in [0.4, 0.5) is 8.78 Å². The lowest BCUT2D eigenvalue weighted by Gasteiger charge is -2.07. The van der Waals surface area contributed by atoms with Gasteiger partial charge in [-0.05, 0) is 0 Å². The summed E-state index contributed by atoms with van der Waals surface area (Å²) in [5.74, 6) is -0.133. The Morgan fingerprint density at radius 1 is 1.38 bits per heavy atom.